The highest BCUT2D eigenvalue weighted by molar-refractivity contribution is 5.93. The van der Waals surface area contributed by atoms with Gasteiger partial charge in [0.1, 0.15) is 6.42 Å². The van der Waals surface area contributed by atoms with Crippen molar-refractivity contribution in [2.24, 2.45) is 5.92 Å². The first-order valence-corrected chi connectivity index (χ1v) is 4.09. The quantitative estimate of drug-likeness (QED) is 0.609. The van der Waals surface area contributed by atoms with E-state index in [1.165, 1.54) is 0 Å². The molecule has 4 nitrogen and oxygen atoms in total. The molecule has 1 amide bonds. The van der Waals surface area contributed by atoms with Gasteiger partial charge in [-0.15, -0.1) is 0 Å². The van der Waals surface area contributed by atoms with E-state index in [1.807, 2.05) is 0 Å². The minimum atomic E-state index is -1.04. The summed E-state index contributed by atoms with van der Waals surface area (Å²) < 4.78 is 0. The van der Waals surface area contributed by atoms with E-state index < -0.39 is 5.97 Å². The second-order valence-electron chi connectivity index (χ2n) is 3.30. The molecule has 0 aromatic heterocycles. The van der Waals surface area contributed by atoms with Crippen LogP contribution in [0.25, 0.3) is 0 Å². The first-order chi connectivity index (χ1) is 5.59. The van der Waals surface area contributed by atoms with Gasteiger partial charge in [0.05, 0.1) is 0 Å². The zero-order valence-electron chi connectivity index (χ0n) is 7.12. The van der Waals surface area contributed by atoms with Crippen molar-refractivity contribution in [3.8, 4) is 0 Å². The van der Waals surface area contributed by atoms with Crippen molar-refractivity contribution >= 4 is 11.9 Å². The summed E-state index contributed by atoms with van der Waals surface area (Å²) in [6.45, 7) is 3.49. The molecule has 1 rings (SSSR count). The number of carbonyl (C=O) groups is 2. The van der Waals surface area contributed by atoms with Gasteiger partial charge >= 0.3 is 5.97 Å². The average Bonchev–Trinajstić information content (AvgIpc) is 2.34. The second-order valence-corrected chi connectivity index (χ2v) is 3.30. The van der Waals surface area contributed by atoms with Gasteiger partial charge < -0.3 is 10.0 Å². The number of carboxylic acids is 1. The van der Waals surface area contributed by atoms with E-state index in [9.17, 15) is 9.59 Å². The van der Waals surface area contributed by atoms with Crippen LogP contribution in [0.15, 0.2) is 0 Å². The highest BCUT2D eigenvalue weighted by atomic mass is 16.4. The van der Waals surface area contributed by atoms with Crippen molar-refractivity contribution in [1.29, 1.82) is 0 Å². The Morgan fingerprint density at radius 3 is 2.67 bits per heavy atom. The average molecular weight is 171 g/mol. The third-order valence-corrected chi connectivity index (χ3v) is 2.08. The first kappa shape index (κ1) is 9.03. The van der Waals surface area contributed by atoms with Crippen LogP contribution in [0.4, 0.5) is 0 Å². The number of carbonyl (C=O) groups excluding carboxylic acids is 1. The maximum atomic E-state index is 11.1. The molecule has 1 aliphatic rings. The standard InChI is InChI=1S/C8H13NO3/c1-6-2-3-9(5-6)7(10)4-8(11)12/h6H,2-5H2,1H3,(H,11,12). The molecular weight excluding hydrogens is 158 g/mol. The second kappa shape index (κ2) is 3.56. The van der Waals surface area contributed by atoms with Crippen molar-refractivity contribution in [2.45, 2.75) is 19.8 Å². The molecule has 0 saturated carbocycles. The molecule has 1 aliphatic heterocycles. The van der Waals surface area contributed by atoms with Crippen molar-refractivity contribution in [3.05, 3.63) is 0 Å². The fourth-order valence-corrected chi connectivity index (χ4v) is 1.40. The molecule has 68 valence electrons. The number of rotatable bonds is 2. The van der Waals surface area contributed by atoms with Gasteiger partial charge in [0.25, 0.3) is 0 Å². The zero-order chi connectivity index (χ0) is 9.14. The van der Waals surface area contributed by atoms with Gasteiger partial charge in [-0.2, -0.15) is 0 Å². The Hall–Kier alpha value is -1.06. The fraction of sp³-hybridized carbons (Fsp3) is 0.750. The molecule has 0 aliphatic carbocycles. The topological polar surface area (TPSA) is 57.6 Å². The molecule has 0 aromatic rings. The molecule has 1 heterocycles. The lowest BCUT2D eigenvalue weighted by Gasteiger charge is -2.13. The molecule has 0 aromatic carbocycles. The van der Waals surface area contributed by atoms with E-state index in [-0.39, 0.29) is 12.3 Å². The van der Waals surface area contributed by atoms with Gasteiger partial charge in [-0.05, 0) is 12.3 Å². The van der Waals surface area contributed by atoms with E-state index in [4.69, 9.17) is 5.11 Å². The molecule has 0 spiro atoms. The summed E-state index contributed by atoms with van der Waals surface area (Å²) in [6, 6.07) is 0. The monoisotopic (exact) mass is 171 g/mol. The van der Waals surface area contributed by atoms with Crippen LogP contribution in [0.5, 0.6) is 0 Å². The molecule has 0 bridgehead atoms. The van der Waals surface area contributed by atoms with Gasteiger partial charge in [-0.3, -0.25) is 9.59 Å². The number of amides is 1. The summed E-state index contributed by atoms with van der Waals surface area (Å²) in [4.78, 5) is 23.0. The molecule has 1 fully saturated rings. The minimum Gasteiger partial charge on any atom is -0.481 e. The van der Waals surface area contributed by atoms with E-state index in [1.54, 1.807) is 4.90 Å². The summed E-state index contributed by atoms with van der Waals surface area (Å²) in [7, 11) is 0. The third-order valence-electron chi connectivity index (χ3n) is 2.08. The summed E-state index contributed by atoms with van der Waals surface area (Å²) in [5.41, 5.74) is 0. The molecule has 1 atom stereocenters. The Morgan fingerprint density at radius 1 is 1.58 bits per heavy atom. The van der Waals surface area contributed by atoms with E-state index >= 15 is 0 Å². The predicted molar refractivity (Wildman–Crippen MR) is 42.6 cm³/mol. The maximum absolute atomic E-state index is 11.1. The van der Waals surface area contributed by atoms with Gasteiger partial charge in [0.2, 0.25) is 5.91 Å². The molecule has 1 saturated heterocycles. The van der Waals surface area contributed by atoms with Crippen LogP contribution >= 0.6 is 0 Å². The largest absolute Gasteiger partial charge is 0.481 e. The Balaban J connectivity index is 2.38. The smallest absolute Gasteiger partial charge is 0.312 e. The number of carboxylic acid groups (broad SMARTS) is 1. The highest BCUT2D eigenvalue weighted by Gasteiger charge is 2.24. The summed E-state index contributed by atoms with van der Waals surface area (Å²) in [5.74, 6) is -0.783. The number of hydrogen-bond acceptors (Lipinski definition) is 2. The number of nitrogens with zero attached hydrogens (tertiary/aromatic N) is 1. The number of hydrogen-bond donors (Lipinski definition) is 1. The molecule has 4 heteroatoms. The van der Waals surface area contributed by atoms with Gasteiger partial charge in [-0.25, -0.2) is 0 Å². The maximum Gasteiger partial charge on any atom is 0.312 e. The van der Waals surface area contributed by atoms with Gasteiger partial charge in [-0.1, -0.05) is 6.92 Å². The minimum absolute atomic E-state index is 0.258. The van der Waals surface area contributed by atoms with Crippen LogP contribution in [-0.2, 0) is 9.59 Å². The van der Waals surface area contributed by atoms with Crippen molar-refractivity contribution in [2.75, 3.05) is 13.1 Å². The number of aliphatic carboxylic acids is 1. The van der Waals surface area contributed by atoms with Gasteiger partial charge in [0.15, 0.2) is 0 Å². The normalized spacial score (nSPS) is 22.8. The number of likely N-dealkylation sites (tertiary alicyclic amines) is 1. The summed E-state index contributed by atoms with van der Waals surface area (Å²) in [5, 5.41) is 8.36. The first-order valence-electron chi connectivity index (χ1n) is 4.09. The SMILES string of the molecule is CC1CCN(C(=O)CC(=O)O)C1. The molecular formula is C8H13NO3. The molecule has 0 radical (unpaired) electrons. The Bertz CT molecular complexity index is 202. The van der Waals surface area contributed by atoms with Crippen molar-refractivity contribution in [3.63, 3.8) is 0 Å². The van der Waals surface area contributed by atoms with E-state index in [0.717, 1.165) is 6.42 Å². The molecule has 12 heavy (non-hydrogen) atoms. The van der Waals surface area contributed by atoms with Crippen LogP contribution in [0, 0.1) is 5.92 Å². The summed E-state index contributed by atoms with van der Waals surface area (Å²) >= 11 is 0. The van der Waals surface area contributed by atoms with Crippen LogP contribution < -0.4 is 0 Å². The predicted octanol–water partition coefficient (Wildman–Crippen LogP) is 0.329. The van der Waals surface area contributed by atoms with Crippen molar-refractivity contribution in [1.82, 2.24) is 4.90 Å². The van der Waals surface area contributed by atoms with Crippen LogP contribution in [-0.4, -0.2) is 35.0 Å². The van der Waals surface area contributed by atoms with Crippen LogP contribution in [0.1, 0.15) is 19.8 Å². The third kappa shape index (κ3) is 2.22. The Kier molecular flexibility index (Phi) is 2.68. The fourth-order valence-electron chi connectivity index (χ4n) is 1.40. The van der Waals surface area contributed by atoms with Crippen LogP contribution in [0.2, 0.25) is 0 Å². The molecule has 1 N–H and O–H groups in total. The zero-order valence-corrected chi connectivity index (χ0v) is 7.12. The Labute approximate surface area is 71.2 Å². The van der Waals surface area contributed by atoms with E-state index in [2.05, 4.69) is 6.92 Å². The van der Waals surface area contributed by atoms with Crippen LogP contribution in [0.3, 0.4) is 0 Å². The van der Waals surface area contributed by atoms with Gasteiger partial charge in [0, 0.05) is 13.1 Å². The summed E-state index contributed by atoms with van der Waals surface area (Å²) in [6.07, 6.45) is 0.623. The van der Waals surface area contributed by atoms with E-state index in [0.29, 0.717) is 19.0 Å². The lowest BCUT2D eigenvalue weighted by atomic mass is 10.2. The molecule has 1 unspecified atom stereocenters. The van der Waals surface area contributed by atoms with Crippen molar-refractivity contribution < 1.29 is 14.7 Å². The highest BCUT2D eigenvalue weighted by Crippen LogP contribution is 2.15. The lowest BCUT2D eigenvalue weighted by Crippen LogP contribution is -2.30. The lowest BCUT2D eigenvalue weighted by molar-refractivity contribution is -0.143. The Morgan fingerprint density at radius 2 is 2.25 bits per heavy atom.